The number of piperidine rings is 1. The molecule has 35 heavy (non-hydrogen) atoms. The number of ether oxygens (including phenoxy) is 1. The minimum absolute atomic E-state index is 0.0821. The highest BCUT2D eigenvalue weighted by atomic mass is 19.4. The van der Waals surface area contributed by atoms with Gasteiger partial charge >= 0.3 is 6.36 Å². The van der Waals surface area contributed by atoms with Crippen LogP contribution in [0.1, 0.15) is 41.6 Å². The quantitative estimate of drug-likeness (QED) is 0.553. The minimum Gasteiger partial charge on any atom is -0.406 e. The van der Waals surface area contributed by atoms with Gasteiger partial charge in [-0.2, -0.15) is 5.10 Å². The second-order valence-electron chi connectivity index (χ2n) is 8.98. The highest BCUT2D eigenvalue weighted by molar-refractivity contribution is 6.02. The van der Waals surface area contributed by atoms with Crippen LogP contribution in [-0.4, -0.2) is 52.5 Å². The zero-order valence-corrected chi connectivity index (χ0v) is 18.8. The number of hydrogen-bond acceptors (Lipinski definition) is 5. The van der Waals surface area contributed by atoms with Crippen molar-refractivity contribution in [3.63, 3.8) is 0 Å². The van der Waals surface area contributed by atoms with Crippen molar-refractivity contribution < 1.29 is 27.5 Å². The third-order valence-corrected chi connectivity index (χ3v) is 6.35. The van der Waals surface area contributed by atoms with Gasteiger partial charge in [-0.1, -0.05) is 12.1 Å². The zero-order valence-electron chi connectivity index (χ0n) is 18.8. The molecule has 0 bridgehead atoms. The summed E-state index contributed by atoms with van der Waals surface area (Å²) in [5.41, 5.74) is 5.57. The van der Waals surface area contributed by atoms with Crippen molar-refractivity contribution in [3.05, 3.63) is 53.0 Å². The van der Waals surface area contributed by atoms with Crippen molar-refractivity contribution in [3.8, 4) is 5.75 Å². The van der Waals surface area contributed by atoms with Crippen molar-refractivity contribution >= 4 is 17.6 Å². The van der Waals surface area contributed by atoms with E-state index < -0.39 is 17.8 Å². The Morgan fingerprint density at radius 1 is 1.29 bits per heavy atom. The molecular formula is C23H25F3N6O3. The number of carbonyl (C=O) groups excluding carboxylic acids is 2. The van der Waals surface area contributed by atoms with E-state index in [1.165, 1.54) is 24.4 Å². The number of hydrogen-bond donors (Lipinski definition) is 2. The van der Waals surface area contributed by atoms with Gasteiger partial charge in [0.2, 0.25) is 12.5 Å². The van der Waals surface area contributed by atoms with Crippen LogP contribution in [0.25, 0.3) is 4.85 Å². The van der Waals surface area contributed by atoms with Gasteiger partial charge in [0.25, 0.3) is 5.91 Å². The first kappa shape index (κ1) is 24.5. The molecular weight excluding hydrogens is 465 g/mol. The number of benzene rings is 1. The van der Waals surface area contributed by atoms with Gasteiger partial charge in [0.1, 0.15) is 16.9 Å². The molecule has 2 aromatic rings. The van der Waals surface area contributed by atoms with E-state index in [9.17, 15) is 22.8 Å². The fourth-order valence-electron chi connectivity index (χ4n) is 4.29. The molecule has 1 saturated heterocycles. The zero-order chi connectivity index (χ0) is 25.2. The third-order valence-electron chi connectivity index (χ3n) is 6.35. The molecule has 1 aromatic carbocycles. The van der Waals surface area contributed by atoms with Gasteiger partial charge in [0.05, 0.1) is 0 Å². The molecule has 0 radical (unpaired) electrons. The van der Waals surface area contributed by atoms with Gasteiger partial charge in [-0.3, -0.25) is 19.2 Å². The SMILES string of the molecule is [C-]#[N+]CC1(n2cc(C(N)=O)c(NC(=O)C3CC3)n2)CCN(Cc2cccc(OC(F)(F)F)c2)CC1. The summed E-state index contributed by atoms with van der Waals surface area (Å²) in [6, 6.07) is 5.85. The third kappa shape index (κ3) is 5.92. The molecule has 1 saturated carbocycles. The van der Waals surface area contributed by atoms with E-state index in [2.05, 4.69) is 24.9 Å². The summed E-state index contributed by atoms with van der Waals surface area (Å²) in [7, 11) is 0. The van der Waals surface area contributed by atoms with Crippen LogP contribution in [0.15, 0.2) is 30.5 Å². The van der Waals surface area contributed by atoms with E-state index in [4.69, 9.17) is 12.3 Å². The first-order chi connectivity index (χ1) is 16.6. The van der Waals surface area contributed by atoms with Gasteiger partial charge in [0, 0.05) is 31.7 Å². The van der Waals surface area contributed by atoms with E-state index in [-0.39, 0.29) is 35.5 Å². The molecule has 186 valence electrons. The Kier molecular flexibility index (Phi) is 6.71. The Hall–Kier alpha value is -3.59. The summed E-state index contributed by atoms with van der Waals surface area (Å²) in [6.07, 6.45) is -0.645. The van der Waals surface area contributed by atoms with Crippen LogP contribution in [0.4, 0.5) is 19.0 Å². The predicted molar refractivity (Wildman–Crippen MR) is 119 cm³/mol. The smallest absolute Gasteiger partial charge is 0.406 e. The molecule has 1 aliphatic carbocycles. The lowest BCUT2D eigenvalue weighted by Crippen LogP contribution is -2.48. The number of halogens is 3. The summed E-state index contributed by atoms with van der Waals surface area (Å²) < 4.78 is 43.2. The maximum Gasteiger partial charge on any atom is 0.573 e. The molecule has 0 unspecified atom stereocenters. The molecule has 0 atom stereocenters. The Balaban J connectivity index is 1.48. The van der Waals surface area contributed by atoms with E-state index in [1.807, 2.05) is 0 Å². The number of nitrogens with two attached hydrogens (primary N) is 1. The molecule has 3 N–H and O–H groups in total. The standard InChI is InChI=1S/C23H25F3N6O3/c1-28-14-22(32-13-18(19(27)33)20(30-32)29-21(34)16-5-6-16)7-9-31(10-8-22)12-15-3-2-4-17(11-15)35-23(24,25)26/h2-4,11,13,16H,5-10,12,14H2,(H2,27,33)(H,29,30,34). The average Bonchev–Trinajstić information content (AvgIpc) is 3.54. The van der Waals surface area contributed by atoms with Crippen molar-refractivity contribution in [1.29, 1.82) is 0 Å². The molecule has 2 amide bonds. The lowest BCUT2D eigenvalue weighted by molar-refractivity contribution is -0.274. The van der Waals surface area contributed by atoms with E-state index in [0.29, 0.717) is 38.0 Å². The second kappa shape index (κ2) is 9.58. The van der Waals surface area contributed by atoms with Crippen LogP contribution in [-0.2, 0) is 16.9 Å². The molecule has 0 spiro atoms. The number of alkyl halides is 3. The highest BCUT2D eigenvalue weighted by Crippen LogP contribution is 2.34. The average molecular weight is 490 g/mol. The van der Waals surface area contributed by atoms with Crippen molar-refractivity contribution in [2.75, 3.05) is 25.0 Å². The normalized spacial score (nSPS) is 18.0. The number of aromatic nitrogens is 2. The lowest BCUT2D eigenvalue weighted by atomic mass is 9.87. The number of amides is 2. The predicted octanol–water partition coefficient (Wildman–Crippen LogP) is 3.14. The van der Waals surface area contributed by atoms with Gasteiger partial charge in [-0.15, -0.1) is 13.2 Å². The topological polar surface area (TPSA) is 107 Å². The van der Waals surface area contributed by atoms with Crippen LogP contribution in [0.5, 0.6) is 5.75 Å². The number of carbonyl (C=O) groups is 2. The molecule has 9 nitrogen and oxygen atoms in total. The fourth-order valence-corrected chi connectivity index (χ4v) is 4.29. The van der Waals surface area contributed by atoms with Crippen LogP contribution < -0.4 is 15.8 Å². The van der Waals surface area contributed by atoms with Crippen molar-refractivity contribution in [2.45, 2.75) is 44.1 Å². The second-order valence-corrected chi connectivity index (χ2v) is 8.98. The molecule has 2 aliphatic rings. The number of likely N-dealkylation sites (tertiary alicyclic amines) is 1. The molecule has 2 fully saturated rings. The van der Waals surface area contributed by atoms with Crippen molar-refractivity contribution in [2.24, 2.45) is 11.7 Å². The first-order valence-corrected chi connectivity index (χ1v) is 11.2. The maximum atomic E-state index is 12.5. The molecule has 1 aromatic heterocycles. The first-order valence-electron chi connectivity index (χ1n) is 11.2. The van der Waals surface area contributed by atoms with Gasteiger partial charge in [0.15, 0.2) is 5.82 Å². The van der Waals surface area contributed by atoms with Crippen LogP contribution in [0.2, 0.25) is 0 Å². The van der Waals surface area contributed by atoms with Crippen molar-refractivity contribution in [1.82, 2.24) is 14.7 Å². The summed E-state index contributed by atoms with van der Waals surface area (Å²) in [4.78, 5) is 29.9. The van der Waals surface area contributed by atoms with Crippen LogP contribution in [0.3, 0.4) is 0 Å². The van der Waals surface area contributed by atoms with E-state index in [0.717, 1.165) is 12.8 Å². The number of primary amides is 1. The number of anilines is 1. The summed E-state index contributed by atoms with van der Waals surface area (Å²) in [5, 5.41) is 7.13. The molecule has 2 heterocycles. The molecule has 1 aliphatic heterocycles. The number of nitrogens with zero attached hydrogens (tertiary/aromatic N) is 4. The Morgan fingerprint density at radius 3 is 2.60 bits per heavy atom. The number of rotatable bonds is 8. The molecule has 12 heteroatoms. The Morgan fingerprint density at radius 2 is 2.00 bits per heavy atom. The van der Waals surface area contributed by atoms with E-state index >= 15 is 0 Å². The van der Waals surface area contributed by atoms with Gasteiger partial charge < -0.3 is 20.6 Å². The van der Waals surface area contributed by atoms with Crippen LogP contribution >= 0.6 is 0 Å². The summed E-state index contributed by atoms with van der Waals surface area (Å²) in [6.45, 7) is 9.10. The van der Waals surface area contributed by atoms with Gasteiger partial charge in [-0.05, 0) is 43.4 Å². The monoisotopic (exact) mass is 490 g/mol. The van der Waals surface area contributed by atoms with Crippen LogP contribution in [0, 0.1) is 12.5 Å². The lowest BCUT2D eigenvalue weighted by Gasteiger charge is -2.38. The maximum absolute atomic E-state index is 12.5. The summed E-state index contributed by atoms with van der Waals surface area (Å²) >= 11 is 0. The summed E-state index contributed by atoms with van der Waals surface area (Å²) in [5.74, 6) is -1.18. The Bertz CT molecular complexity index is 1140. The minimum atomic E-state index is -4.76. The largest absolute Gasteiger partial charge is 0.573 e. The number of nitrogens with one attached hydrogen (secondary N) is 1. The Labute approximate surface area is 199 Å². The molecule has 4 rings (SSSR count). The van der Waals surface area contributed by atoms with E-state index in [1.54, 1.807) is 10.7 Å². The highest BCUT2D eigenvalue weighted by Gasteiger charge is 2.42. The fraction of sp³-hybridized carbons (Fsp3) is 0.478. The van der Waals surface area contributed by atoms with Gasteiger partial charge in [-0.25, -0.2) is 6.57 Å².